The average Bonchev–Trinajstić information content (AvgIpc) is 3.08. The van der Waals surface area contributed by atoms with Gasteiger partial charge in [-0.1, -0.05) is 6.42 Å². The normalized spacial score (nSPS) is 25.4. The number of halogens is 1. The van der Waals surface area contributed by atoms with Gasteiger partial charge in [0, 0.05) is 19.0 Å². The van der Waals surface area contributed by atoms with Gasteiger partial charge in [0.25, 0.3) is 5.91 Å². The summed E-state index contributed by atoms with van der Waals surface area (Å²) in [5, 5.41) is 11.9. The summed E-state index contributed by atoms with van der Waals surface area (Å²) in [4.78, 5) is 36.9. The van der Waals surface area contributed by atoms with Crippen LogP contribution in [0.3, 0.4) is 0 Å². The van der Waals surface area contributed by atoms with E-state index in [0.29, 0.717) is 6.54 Å². The Morgan fingerprint density at radius 1 is 1.29 bits per heavy atom. The third kappa shape index (κ3) is 2.86. The van der Waals surface area contributed by atoms with Crippen LogP contribution < -0.4 is 5.32 Å². The Balaban J connectivity index is 1.88. The van der Waals surface area contributed by atoms with Crippen LogP contribution in [0, 0.1) is 17.7 Å². The number of likely N-dealkylation sites (tertiary alicyclic amines) is 1. The highest BCUT2D eigenvalue weighted by atomic mass is 19.1. The third-order valence-electron chi connectivity index (χ3n) is 4.93. The summed E-state index contributed by atoms with van der Waals surface area (Å²) < 4.78 is 13.7. The number of aliphatic carboxylic acids is 1. The number of carbonyl (C=O) groups excluding carboxylic acids is 2. The Hall–Kier alpha value is -2.44. The van der Waals surface area contributed by atoms with Crippen molar-refractivity contribution in [3.05, 3.63) is 29.6 Å². The molecule has 0 spiro atoms. The molecule has 3 rings (SSSR count). The second-order valence-corrected chi connectivity index (χ2v) is 6.47. The number of carboxylic acids is 1. The molecule has 2 amide bonds. The fraction of sp³-hybridized carbons (Fsp3) is 0.471. The highest BCUT2D eigenvalue weighted by molar-refractivity contribution is 5.99. The van der Waals surface area contributed by atoms with Crippen molar-refractivity contribution < 1.29 is 23.9 Å². The number of anilines is 1. The van der Waals surface area contributed by atoms with E-state index in [-0.39, 0.29) is 23.1 Å². The van der Waals surface area contributed by atoms with E-state index in [1.807, 2.05) is 0 Å². The van der Waals surface area contributed by atoms with Crippen molar-refractivity contribution in [2.24, 2.45) is 11.8 Å². The van der Waals surface area contributed by atoms with E-state index < -0.39 is 29.6 Å². The molecule has 2 N–H and O–H groups in total. The predicted octanol–water partition coefficient (Wildman–Crippen LogP) is 2.11. The summed E-state index contributed by atoms with van der Waals surface area (Å²) in [7, 11) is 0. The van der Waals surface area contributed by atoms with Gasteiger partial charge in [-0.3, -0.25) is 9.59 Å². The van der Waals surface area contributed by atoms with E-state index >= 15 is 0 Å². The lowest BCUT2D eigenvalue weighted by Crippen LogP contribution is -2.43. The number of fused-ring (bicyclic) bond motifs is 1. The molecule has 7 heteroatoms. The van der Waals surface area contributed by atoms with Gasteiger partial charge in [-0.15, -0.1) is 0 Å². The largest absolute Gasteiger partial charge is 0.480 e. The van der Waals surface area contributed by atoms with Crippen LogP contribution in [0.1, 0.15) is 36.5 Å². The fourth-order valence-corrected chi connectivity index (χ4v) is 3.94. The average molecular weight is 334 g/mol. The fourth-order valence-electron chi connectivity index (χ4n) is 3.94. The van der Waals surface area contributed by atoms with Crippen LogP contribution in [0.4, 0.5) is 10.1 Å². The number of benzene rings is 1. The molecule has 2 fully saturated rings. The number of nitrogens with zero attached hydrogens (tertiary/aromatic N) is 1. The Morgan fingerprint density at radius 2 is 2.04 bits per heavy atom. The zero-order valence-electron chi connectivity index (χ0n) is 13.3. The topological polar surface area (TPSA) is 86.7 Å². The second kappa shape index (κ2) is 6.22. The summed E-state index contributed by atoms with van der Waals surface area (Å²) in [6, 6.07) is 2.84. The highest BCUT2D eigenvalue weighted by Gasteiger charge is 2.49. The number of carbonyl (C=O) groups is 3. The second-order valence-electron chi connectivity index (χ2n) is 6.47. The monoisotopic (exact) mass is 334 g/mol. The molecule has 1 heterocycles. The Morgan fingerprint density at radius 3 is 2.71 bits per heavy atom. The molecule has 128 valence electrons. The van der Waals surface area contributed by atoms with Gasteiger partial charge in [-0.2, -0.15) is 0 Å². The third-order valence-corrected chi connectivity index (χ3v) is 4.93. The quantitative estimate of drug-likeness (QED) is 0.886. The van der Waals surface area contributed by atoms with Gasteiger partial charge in [0.15, 0.2) is 0 Å². The standard InChI is InChI=1S/C17H19FN2O4/c1-9(21)19-14-7-10(5-6-13(14)18)16(22)20-8-11-3-2-4-12(11)15(20)17(23)24/h5-7,11-12,15H,2-4,8H2,1H3,(H,19,21)(H,23,24). The van der Waals surface area contributed by atoms with Gasteiger partial charge >= 0.3 is 5.97 Å². The van der Waals surface area contributed by atoms with E-state index in [9.17, 15) is 23.9 Å². The van der Waals surface area contributed by atoms with Crippen LogP contribution in [0.25, 0.3) is 0 Å². The molecule has 2 aliphatic rings. The number of amides is 2. The maximum Gasteiger partial charge on any atom is 0.326 e. The molecule has 1 aliphatic heterocycles. The van der Waals surface area contributed by atoms with E-state index in [1.54, 1.807) is 0 Å². The number of nitrogens with one attached hydrogen (secondary N) is 1. The van der Waals surface area contributed by atoms with Crippen molar-refractivity contribution in [3.8, 4) is 0 Å². The smallest absolute Gasteiger partial charge is 0.326 e. The van der Waals surface area contributed by atoms with E-state index in [1.165, 1.54) is 24.0 Å². The van der Waals surface area contributed by atoms with Crippen molar-refractivity contribution in [2.75, 3.05) is 11.9 Å². The van der Waals surface area contributed by atoms with Crippen LogP contribution >= 0.6 is 0 Å². The van der Waals surface area contributed by atoms with Crippen LogP contribution in [0.15, 0.2) is 18.2 Å². The van der Waals surface area contributed by atoms with Crippen molar-refractivity contribution in [2.45, 2.75) is 32.2 Å². The van der Waals surface area contributed by atoms with Crippen LogP contribution in [0.2, 0.25) is 0 Å². The van der Waals surface area contributed by atoms with Crippen molar-refractivity contribution in [1.82, 2.24) is 4.90 Å². The molecule has 24 heavy (non-hydrogen) atoms. The lowest BCUT2D eigenvalue weighted by molar-refractivity contribution is -0.142. The molecule has 1 aliphatic carbocycles. The van der Waals surface area contributed by atoms with Crippen LogP contribution in [-0.4, -0.2) is 40.4 Å². The van der Waals surface area contributed by atoms with E-state index in [0.717, 1.165) is 25.3 Å². The lowest BCUT2D eigenvalue weighted by Gasteiger charge is -2.24. The highest BCUT2D eigenvalue weighted by Crippen LogP contribution is 2.42. The molecule has 1 aromatic carbocycles. The van der Waals surface area contributed by atoms with Gasteiger partial charge in [-0.05, 0) is 42.9 Å². The van der Waals surface area contributed by atoms with Gasteiger partial charge in [0.2, 0.25) is 5.91 Å². The lowest BCUT2D eigenvalue weighted by atomic mass is 9.94. The molecule has 1 aromatic rings. The first-order chi connectivity index (χ1) is 11.4. The van der Waals surface area contributed by atoms with Gasteiger partial charge in [0.05, 0.1) is 5.69 Å². The Labute approximate surface area is 138 Å². The first-order valence-corrected chi connectivity index (χ1v) is 7.99. The summed E-state index contributed by atoms with van der Waals surface area (Å²) in [6.07, 6.45) is 2.73. The zero-order valence-corrected chi connectivity index (χ0v) is 13.3. The molecule has 0 radical (unpaired) electrons. The Kier molecular flexibility index (Phi) is 4.26. The number of carboxylic acid groups (broad SMARTS) is 1. The molecule has 3 atom stereocenters. The molecule has 3 unspecified atom stereocenters. The van der Waals surface area contributed by atoms with Gasteiger partial charge in [-0.25, -0.2) is 9.18 Å². The molecular weight excluding hydrogens is 315 g/mol. The Bertz CT molecular complexity index is 706. The SMILES string of the molecule is CC(=O)Nc1cc(C(=O)N2CC3CCCC3C2C(=O)O)ccc1F. The minimum absolute atomic E-state index is 0.0123. The van der Waals surface area contributed by atoms with Crippen molar-refractivity contribution in [3.63, 3.8) is 0 Å². The molecular formula is C17H19FN2O4. The number of rotatable bonds is 3. The molecule has 6 nitrogen and oxygen atoms in total. The van der Waals surface area contributed by atoms with Gasteiger partial charge in [0.1, 0.15) is 11.9 Å². The predicted molar refractivity (Wildman–Crippen MR) is 84.0 cm³/mol. The molecule has 1 saturated heterocycles. The van der Waals surface area contributed by atoms with E-state index in [2.05, 4.69) is 5.32 Å². The van der Waals surface area contributed by atoms with Crippen LogP contribution in [-0.2, 0) is 9.59 Å². The summed E-state index contributed by atoms with van der Waals surface area (Å²) in [6.45, 7) is 1.66. The molecule has 0 aromatic heterocycles. The number of hydrogen-bond acceptors (Lipinski definition) is 3. The maximum absolute atomic E-state index is 13.7. The minimum atomic E-state index is -0.998. The molecule has 1 saturated carbocycles. The first-order valence-electron chi connectivity index (χ1n) is 7.99. The van der Waals surface area contributed by atoms with Crippen molar-refractivity contribution in [1.29, 1.82) is 0 Å². The van der Waals surface area contributed by atoms with Crippen molar-refractivity contribution >= 4 is 23.5 Å². The molecule has 0 bridgehead atoms. The summed E-state index contributed by atoms with van der Waals surface area (Å²) >= 11 is 0. The number of hydrogen-bond donors (Lipinski definition) is 2. The van der Waals surface area contributed by atoms with Crippen LogP contribution in [0.5, 0.6) is 0 Å². The summed E-state index contributed by atoms with van der Waals surface area (Å²) in [5.41, 5.74) is 0.0889. The van der Waals surface area contributed by atoms with E-state index in [4.69, 9.17) is 0 Å². The first kappa shape index (κ1) is 16.4. The summed E-state index contributed by atoms with van der Waals surface area (Å²) in [5.74, 6) is -2.33. The zero-order chi connectivity index (χ0) is 17.4. The maximum atomic E-state index is 13.7. The minimum Gasteiger partial charge on any atom is -0.480 e. The van der Waals surface area contributed by atoms with Gasteiger partial charge < -0.3 is 15.3 Å².